The first-order valence-corrected chi connectivity index (χ1v) is 13.3. The number of carbonyl (C=O) groups excluding carboxylic acids is 1. The van der Waals surface area contributed by atoms with Crippen LogP contribution in [0.1, 0.15) is 97.8 Å². The maximum absolute atomic E-state index is 9.34. The number of nitrogens with zero attached hydrogens (tertiary/aromatic N) is 4. The minimum Gasteiger partial charge on any atom is -0.547 e. The van der Waals surface area contributed by atoms with Gasteiger partial charge in [-0.15, -0.1) is 0 Å². The van der Waals surface area contributed by atoms with Gasteiger partial charge in [0.2, 0.25) is 6.33 Å². The smallest absolute Gasteiger partial charge is 0.243 e. The molecule has 1 aromatic rings. The van der Waals surface area contributed by atoms with Crippen molar-refractivity contribution in [3.8, 4) is 0 Å². The summed E-state index contributed by atoms with van der Waals surface area (Å²) >= 11 is 0. The Labute approximate surface area is 209 Å². The second kappa shape index (κ2) is 21.5. The molecule has 0 radical (unpaired) electrons. The SMILES string of the molecule is CC(O)C(=O)[O-].CCCCCCCCN1C=CN(C)C1.CCCCCCCCn1cc[n+](C)c1. The van der Waals surface area contributed by atoms with Crippen LogP contribution in [0.4, 0.5) is 0 Å². The van der Waals surface area contributed by atoms with E-state index in [1.807, 2.05) is 0 Å². The van der Waals surface area contributed by atoms with E-state index in [1.54, 1.807) is 0 Å². The molecule has 0 aliphatic carbocycles. The molecule has 2 heterocycles. The van der Waals surface area contributed by atoms with Crippen LogP contribution in [-0.2, 0) is 18.4 Å². The third kappa shape index (κ3) is 19.4. The van der Waals surface area contributed by atoms with Gasteiger partial charge in [-0.3, -0.25) is 0 Å². The number of aryl methyl sites for hydroxylation is 2. The summed E-state index contributed by atoms with van der Waals surface area (Å²) in [4.78, 5) is 13.9. The largest absolute Gasteiger partial charge is 0.547 e. The standard InChI is InChI=1S/C12H24N2.C12H23N2.C3H6O3/c2*1-3-4-5-6-7-8-9-14-11-10-13(2)12-14;1-2(4)3(5)6/h10-11H,3-9,12H2,1-2H3;10-12H,3-9H2,1-2H3;2,4H,1H3,(H,5,6)/q;+1;/p-1. The van der Waals surface area contributed by atoms with Gasteiger partial charge in [0.1, 0.15) is 12.4 Å². The monoisotopic (exact) mass is 480 g/mol. The van der Waals surface area contributed by atoms with Crippen LogP contribution in [0.2, 0.25) is 0 Å². The van der Waals surface area contributed by atoms with E-state index in [-0.39, 0.29) is 0 Å². The van der Waals surface area contributed by atoms with Gasteiger partial charge in [0.25, 0.3) is 0 Å². The average Bonchev–Trinajstić information content (AvgIpc) is 3.41. The van der Waals surface area contributed by atoms with Crippen molar-refractivity contribution in [2.45, 2.75) is 110 Å². The number of carboxylic acids is 1. The summed E-state index contributed by atoms with van der Waals surface area (Å²) in [5, 5.41) is 17.3. The Morgan fingerprint density at radius 2 is 1.44 bits per heavy atom. The number of aliphatic hydroxyl groups is 1. The highest BCUT2D eigenvalue weighted by molar-refractivity contribution is 5.68. The van der Waals surface area contributed by atoms with Gasteiger partial charge in [0.05, 0.1) is 32.3 Å². The normalized spacial score (nSPS) is 13.2. The van der Waals surface area contributed by atoms with Gasteiger partial charge in [0, 0.05) is 26.0 Å². The lowest BCUT2D eigenvalue weighted by atomic mass is 10.1. The summed E-state index contributed by atoms with van der Waals surface area (Å²) < 4.78 is 4.36. The molecule has 0 saturated carbocycles. The van der Waals surface area contributed by atoms with Gasteiger partial charge in [-0.2, -0.15) is 0 Å². The van der Waals surface area contributed by atoms with E-state index < -0.39 is 12.1 Å². The van der Waals surface area contributed by atoms with Crippen LogP contribution in [0.15, 0.2) is 31.1 Å². The predicted molar refractivity (Wildman–Crippen MR) is 138 cm³/mol. The molecule has 1 aromatic heterocycles. The topological polar surface area (TPSA) is 75.7 Å². The molecule has 0 spiro atoms. The third-order valence-corrected chi connectivity index (χ3v) is 5.67. The molecule has 0 saturated heterocycles. The lowest BCUT2D eigenvalue weighted by Crippen LogP contribution is -2.32. The van der Waals surface area contributed by atoms with Gasteiger partial charge < -0.3 is 24.8 Å². The first-order valence-electron chi connectivity index (χ1n) is 13.3. The number of aromatic nitrogens is 2. The minimum atomic E-state index is -1.44. The number of aliphatic carboxylic acids is 1. The average molecular weight is 481 g/mol. The molecular formula is C27H52N4O3. The number of rotatable bonds is 15. The maximum Gasteiger partial charge on any atom is 0.243 e. The van der Waals surface area contributed by atoms with Crippen molar-refractivity contribution in [1.82, 2.24) is 14.4 Å². The molecule has 1 unspecified atom stereocenters. The van der Waals surface area contributed by atoms with Gasteiger partial charge >= 0.3 is 0 Å². The minimum absolute atomic E-state index is 1.08. The molecule has 1 atom stereocenters. The lowest BCUT2D eigenvalue weighted by Gasteiger charge is -2.17. The van der Waals surface area contributed by atoms with E-state index >= 15 is 0 Å². The van der Waals surface area contributed by atoms with Crippen molar-refractivity contribution in [2.75, 3.05) is 20.3 Å². The van der Waals surface area contributed by atoms with Gasteiger partial charge in [-0.1, -0.05) is 71.6 Å². The first kappa shape index (κ1) is 32.0. The summed E-state index contributed by atoms with van der Waals surface area (Å²) in [6, 6.07) is 0. The number of unbranched alkanes of at least 4 members (excludes halogenated alkanes) is 10. The van der Waals surface area contributed by atoms with Crippen LogP contribution in [0.25, 0.3) is 0 Å². The molecule has 34 heavy (non-hydrogen) atoms. The van der Waals surface area contributed by atoms with Crippen molar-refractivity contribution >= 4 is 5.97 Å². The Balaban J connectivity index is 0.000000521. The van der Waals surface area contributed by atoms with Crippen LogP contribution < -0.4 is 9.67 Å². The molecule has 7 nitrogen and oxygen atoms in total. The number of hydrogen-bond donors (Lipinski definition) is 1. The Morgan fingerprint density at radius 3 is 1.85 bits per heavy atom. The molecule has 7 heteroatoms. The van der Waals surface area contributed by atoms with Crippen LogP contribution in [0.5, 0.6) is 0 Å². The van der Waals surface area contributed by atoms with Crippen LogP contribution in [-0.4, -0.2) is 51.8 Å². The van der Waals surface area contributed by atoms with E-state index in [4.69, 9.17) is 5.11 Å². The summed E-state index contributed by atoms with van der Waals surface area (Å²) in [5.41, 5.74) is 0. The zero-order valence-corrected chi connectivity index (χ0v) is 22.6. The molecule has 1 aliphatic heterocycles. The highest BCUT2D eigenvalue weighted by Crippen LogP contribution is 2.09. The number of carboxylic acid groups (broad SMARTS) is 1. The third-order valence-electron chi connectivity index (χ3n) is 5.67. The van der Waals surface area contributed by atoms with E-state index in [0.717, 1.165) is 13.6 Å². The molecule has 0 fully saturated rings. The Morgan fingerprint density at radius 1 is 0.941 bits per heavy atom. The highest BCUT2D eigenvalue weighted by atomic mass is 16.4. The summed E-state index contributed by atoms with van der Waals surface area (Å²) in [6.45, 7) is 9.15. The molecule has 0 bridgehead atoms. The van der Waals surface area contributed by atoms with Crippen LogP contribution in [0, 0.1) is 0 Å². The summed E-state index contributed by atoms with van der Waals surface area (Å²) in [5.74, 6) is -1.44. The molecule has 0 amide bonds. The maximum atomic E-state index is 9.34. The predicted octanol–water partition coefficient (Wildman–Crippen LogP) is 3.81. The van der Waals surface area contributed by atoms with Gasteiger partial charge in [-0.05, 0) is 26.2 Å². The zero-order chi connectivity index (χ0) is 25.6. The first-order chi connectivity index (χ1) is 16.3. The fourth-order valence-corrected chi connectivity index (χ4v) is 3.54. The zero-order valence-electron chi connectivity index (χ0n) is 22.6. The summed E-state index contributed by atoms with van der Waals surface area (Å²) in [6.07, 6.45) is 26.0. The molecular weight excluding hydrogens is 428 g/mol. The van der Waals surface area contributed by atoms with Crippen molar-refractivity contribution < 1.29 is 19.6 Å². The van der Waals surface area contributed by atoms with Crippen molar-refractivity contribution in [1.29, 1.82) is 0 Å². The molecule has 0 aromatic carbocycles. The number of imidazole rings is 1. The lowest BCUT2D eigenvalue weighted by molar-refractivity contribution is -0.671. The summed E-state index contributed by atoms with van der Waals surface area (Å²) in [7, 11) is 4.19. The Kier molecular flexibility index (Phi) is 20.2. The van der Waals surface area contributed by atoms with Gasteiger partial charge in [-0.25, -0.2) is 9.13 Å². The number of carbonyl (C=O) groups is 1. The molecule has 198 valence electrons. The van der Waals surface area contributed by atoms with E-state index in [0.29, 0.717) is 0 Å². The van der Waals surface area contributed by atoms with Crippen molar-refractivity contribution in [2.24, 2.45) is 7.05 Å². The molecule has 1 N–H and O–H groups in total. The Bertz CT molecular complexity index is 631. The van der Waals surface area contributed by atoms with Gasteiger partial charge in [0.15, 0.2) is 0 Å². The molecule has 1 aliphatic rings. The number of hydrogen-bond acceptors (Lipinski definition) is 5. The van der Waals surface area contributed by atoms with E-state index in [2.05, 4.69) is 78.0 Å². The fraction of sp³-hybridized carbons (Fsp3) is 0.778. The van der Waals surface area contributed by atoms with Crippen molar-refractivity contribution in [3.05, 3.63) is 31.1 Å². The number of aliphatic hydroxyl groups excluding tert-OH is 1. The Hall–Kier alpha value is -2.02. The van der Waals surface area contributed by atoms with Crippen molar-refractivity contribution in [3.63, 3.8) is 0 Å². The van der Waals surface area contributed by atoms with E-state index in [9.17, 15) is 9.90 Å². The van der Waals surface area contributed by atoms with E-state index in [1.165, 1.54) is 90.1 Å². The highest BCUT2D eigenvalue weighted by Gasteiger charge is 2.06. The quantitative estimate of drug-likeness (QED) is 0.305. The van der Waals surface area contributed by atoms with Crippen LogP contribution >= 0.6 is 0 Å². The molecule has 2 rings (SSSR count). The fourth-order valence-electron chi connectivity index (χ4n) is 3.54. The second-order valence-corrected chi connectivity index (χ2v) is 9.36. The van der Waals surface area contributed by atoms with Crippen LogP contribution in [0.3, 0.4) is 0 Å². The second-order valence-electron chi connectivity index (χ2n) is 9.36.